The van der Waals surface area contributed by atoms with Gasteiger partial charge in [0.2, 0.25) is 11.8 Å². The lowest BCUT2D eigenvalue weighted by atomic mass is 9.97. The van der Waals surface area contributed by atoms with Gasteiger partial charge in [-0.05, 0) is 55.7 Å². The van der Waals surface area contributed by atoms with Gasteiger partial charge in [0.25, 0.3) is 0 Å². The Morgan fingerprint density at radius 3 is 2.71 bits per heavy atom. The molecule has 0 radical (unpaired) electrons. The van der Waals surface area contributed by atoms with E-state index in [-0.39, 0.29) is 11.8 Å². The van der Waals surface area contributed by atoms with Crippen molar-refractivity contribution in [2.75, 3.05) is 0 Å². The van der Waals surface area contributed by atoms with Crippen molar-refractivity contribution in [2.24, 2.45) is 17.8 Å². The number of oxazole rings is 1. The molecule has 110 valence electrons. The zero-order valence-electron chi connectivity index (χ0n) is 11.6. The van der Waals surface area contributed by atoms with Gasteiger partial charge in [-0.3, -0.25) is 4.79 Å². The summed E-state index contributed by atoms with van der Waals surface area (Å²) >= 11 is 3.42. The Bertz CT molecular complexity index is 677. The number of carbonyl (C=O) groups excluding carboxylic acids is 1. The maximum absolute atomic E-state index is 12.4. The van der Waals surface area contributed by atoms with Gasteiger partial charge in [-0.1, -0.05) is 15.9 Å². The summed E-state index contributed by atoms with van der Waals surface area (Å²) in [6.07, 6.45) is 4.86. The molecule has 1 heterocycles. The fourth-order valence-corrected chi connectivity index (χ4v) is 3.38. The van der Waals surface area contributed by atoms with Gasteiger partial charge < -0.3 is 9.73 Å². The van der Waals surface area contributed by atoms with E-state index in [1.54, 1.807) is 0 Å². The van der Waals surface area contributed by atoms with E-state index < -0.39 is 0 Å². The minimum Gasteiger partial charge on any atom is -0.439 e. The summed E-state index contributed by atoms with van der Waals surface area (Å²) in [4.78, 5) is 16.8. The Labute approximate surface area is 131 Å². The highest BCUT2D eigenvalue weighted by atomic mass is 79.9. The van der Waals surface area contributed by atoms with Crippen LogP contribution in [-0.4, -0.2) is 10.9 Å². The van der Waals surface area contributed by atoms with Crippen molar-refractivity contribution in [3.8, 4) is 0 Å². The van der Waals surface area contributed by atoms with Crippen molar-refractivity contribution in [3.05, 3.63) is 28.6 Å². The first-order chi connectivity index (χ1) is 10.2. The summed E-state index contributed by atoms with van der Waals surface area (Å²) in [5.41, 5.74) is 1.57. The smallest absolute Gasteiger partial charge is 0.224 e. The zero-order valence-corrected chi connectivity index (χ0v) is 13.2. The van der Waals surface area contributed by atoms with Crippen molar-refractivity contribution < 1.29 is 9.21 Å². The van der Waals surface area contributed by atoms with Crippen LogP contribution in [0.1, 0.15) is 31.6 Å². The van der Waals surface area contributed by atoms with Crippen molar-refractivity contribution in [2.45, 2.75) is 32.2 Å². The van der Waals surface area contributed by atoms with Crippen molar-refractivity contribution in [1.82, 2.24) is 10.3 Å². The lowest BCUT2D eigenvalue weighted by molar-refractivity contribution is -0.126. The second kappa shape index (κ2) is 5.13. The van der Waals surface area contributed by atoms with Gasteiger partial charge in [-0.25, -0.2) is 4.98 Å². The Balaban J connectivity index is 1.43. The largest absolute Gasteiger partial charge is 0.439 e. The van der Waals surface area contributed by atoms with Gasteiger partial charge in [0.15, 0.2) is 5.58 Å². The van der Waals surface area contributed by atoms with Gasteiger partial charge in [-0.2, -0.15) is 0 Å². The summed E-state index contributed by atoms with van der Waals surface area (Å²) < 4.78 is 6.63. The highest BCUT2D eigenvalue weighted by Gasteiger charge is 2.45. The Kier molecular flexibility index (Phi) is 3.25. The molecule has 0 aliphatic heterocycles. The molecular formula is C16H17BrN2O2. The average molecular weight is 349 g/mol. The number of rotatable bonds is 5. The molecule has 1 amide bonds. The molecule has 2 fully saturated rings. The molecule has 0 spiro atoms. The number of benzene rings is 1. The summed E-state index contributed by atoms with van der Waals surface area (Å²) in [5.74, 6) is 2.22. The first-order valence-electron chi connectivity index (χ1n) is 7.53. The number of aromatic nitrogens is 1. The summed E-state index contributed by atoms with van der Waals surface area (Å²) in [6.45, 7) is 0.376. The first kappa shape index (κ1) is 13.3. The van der Waals surface area contributed by atoms with E-state index in [1.807, 2.05) is 18.2 Å². The van der Waals surface area contributed by atoms with Crippen LogP contribution in [0.4, 0.5) is 0 Å². The van der Waals surface area contributed by atoms with E-state index in [0.717, 1.165) is 15.6 Å². The molecule has 0 saturated heterocycles. The molecule has 2 saturated carbocycles. The Hall–Kier alpha value is -1.36. The lowest BCUT2D eigenvalue weighted by Crippen LogP contribution is -2.32. The monoisotopic (exact) mass is 348 g/mol. The van der Waals surface area contributed by atoms with E-state index in [0.29, 0.717) is 24.3 Å². The van der Waals surface area contributed by atoms with Crippen LogP contribution < -0.4 is 5.32 Å². The molecule has 21 heavy (non-hydrogen) atoms. The fraction of sp³-hybridized carbons (Fsp3) is 0.500. The van der Waals surface area contributed by atoms with Crippen LogP contribution in [0.2, 0.25) is 0 Å². The quantitative estimate of drug-likeness (QED) is 0.897. The summed E-state index contributed by atoms with van der Waals surface area (Å²) in [7, 11) is 0. The number of amides is 1. The molecule has 0 unspecified atom stereocenters. The Morgan fingerprint density at radius 1 is 1.33 bits per heavy atom. The number of fused-ring (bicyclic) bond motifs is 1. The van der Waals surface area contributed by atoms with Crippen LogP contribution in [0.3, 0.4) is 0 Å². The molecule has 1 aromatic heterocycles. The number of nitrogens with zero attached hydrogens (tertiary/aromatic N) is 1. The van der Waals surface area contributed by atoms with E-state index >= 15 is 0 Å². The van der Waals surface area contributed by atoms with Crippen LogP contribution in [-0.2, 0) is 11.3 Å². The molecule has 4 rings (SSSR count). The summed E-state index contributed by atoms with van der Waals surface area (Å²) in [6, 6.07) is 5.72. The van der Waals surface area contributed by atoms with Gasteiger partial charge in [-0.15, -0.1) is 0 Å². The van der Waals surface area contributed by atoms with Gasteiger partial charge in [0, 0.05) is 10.4 Å². The first-order valence-corrected chi connectivity index (χ1v) is 8.33. The molecule has 4 nitrogen and oxygen atoms in total. The third-order valence-corrected chi connectivity index (χ3v) is 4.86. The van der Waals surface area contributed by atoms with Crippen molar-refractivity contribution in [1.29, 1.82) is 0 Å². The standard InChI is InChI=1S/C16H17BrN2O2/c17-11-5-6-13-12(7-11)19-14(21-13)8-18-16(20)15(9-1-2-9)10-3-4-10/h5-7,9-10,15H,1-4,8H2,(H,18,20). The molecule has 0 atom stereocenters. The van der Waals surface area contributed by atoms with Crippen molar-refractivity contribution in [3.63, 3.8) is 0 Å². The van der Waals surface area contributed by atoms with Crippen LogP contribution in [0.15, 0.2) is 27.1 Å². The fourth-order valence-electron chi connectivity index (χ4n) is 3.03. The highest BCUT2D eigenvalue weighted by Crippen LogP contribution is 2.49. The molecule has 2 aliphatic rings. The van der Waals surface area contributed by atoms with Gasteiger partial charge in [0.1, 0.15) is 5.52 Å². The average Bonchev–Trinajstić information content (AvgIpc) is 3.37. The number of hydrogen-bond acceptors (Lipinski definition) is 3. The molecule has 2 aliphatic carbocycles. The minimum atomic E-state index is 0.184. The number of nitrogens with one attached hydrogen (secondary N) is 1. The second-order valence-corrected chi connectivity index (χ2v) is 7.05. The van der Waals surface area contributed by atoms with E-state index in [9.17, 15) is 4.79 Å². The van der Waals surface area contributed by atoms with E-state index in [1.165, 1.54) is 25.7 Å². The normalized spacial score (nSPS) is 18.4. The Morgan fingerprint density at radius 2 is 2.05 bits per heavy atom. The summed E-state index contributed by atoms with van der Waals surface area (Å²) in [5, 5.41) is 3.01. The molecule has 2 aromatic rings. The van der Waals surface area contributed by atoms with Gasteiger partial charge in [0.05, 0.1) is 6.54 Å². The predicted octanol–water partition coefficient (Wildman–Crippen LogP) is 3.64. The molecular weight excluding hydrogens is 332 g/mol. The SMILES string of the molecule is O=C(NCc1nc2cc(Br)ccc2o1)C(C1CC1)C1CC1. The van der Waals surface area contributed by atoms with E-state index in [2.05, 4.69) is 26.2 Å². The molecule has 5 heteroatoms. The minimum absolute atomic E-state index is 0.184. The third kappa shape index (κ3) is 2.84. The van der Waals surface area contributed by atoms with Gasteiger partial charge >= 0.3 is 0 Å². The third-order valence-electron chi connectivity index (χ3n) is 4.37. The molecule has 0 bridgehead atoms. The van der Waals surface area contributed by atoms with E-state index in [4.69, 9.17) is 4.42 Å². The topological polar surface area (TPSA) is 55.1 Å². The predicted molar refractivity (Wildman–Crippen MR) is 82.5 cm³/mol. The molecule has 1 aromatic carbocycles. The van der Waals surface area contributed by atoms with Crippen LogP contribution in [0, 0.1) is 17.8 Å². The lowest BCUT2D eigenvalue weighted by Gasteiger charge is -2.14. The maximum atomic E-state index is 12.4. The molecule has 1 N–H and O–H groups in total. The highest BCUT2D eigenvalue weighted by molar-refractivity contribution is 9.10. The number of halogens is 1. The maximum Gasteiger partial charge on any atom is 0.224 e. The van der Waals surface area contributed by atoms with Crippen LogP contribution in [0.25, 0.3) is 11.1 Å². The van der Waals surface area contributed by atoms with Crippen LogP contribution in [0.5, 0.6) is 0 Å². The second-order valence-electron chi connectivity index (χ2n) is 6.14. The zero-order chi connectivity index (χ0) is 14.4. The van der Waals surface area contributed by atoms with Crippen LogP contribution >= 0.6 is 15.9 Å². The number of carbonyl (C=O) groups is 1. The van der Waals surface area contributed by atoms with Crippen molar-refractivity contribution >= 4 is 32.9 Å². The number of hydrogen-bond donors (Lipinski definition) is 1.